The molecule has 0 aliphatic carbocycles. The summed E-state index contributed by atoms with van der Waals surface area (Å²) in [6, 6.07) is 4.61. The third-order valence-corrected chi connectivity index (χ3v) is 2.54. The summed E-state index contributed by atoms with van der Waals surface area (Å²) in [7, 11) is 0. The van der Waals surface area contributed by atoms with E-state index >= 15 is 0 Å². The second kappa shape index (κ2) is 7.06. The average molecular weight is 300 g/mol. The lowest BCUT2D eigenvalue weighted by molar-refractivity contribution is -0.384. The molecule has 0 bridgehead atoms. The van der Waals surface area contributed by atoms with Crippen molar-refractivity contribution in [1.29, 1.82) is 0 Å². The van der Waals surface area contributed by atoms with Gasteiger partial charge in [0.15, 0.2) is 0 Å². The number of non-ortho nitro benzene ring substituents is 1. The molecule has 0 fully saturated rings. The van der Waals surface area contributed by atoms with Crippen LogP contribution in [0.4, 0.5) is 5.69 Å². The van der Waals surface area contributed by atoms with Crippen LogP contribution in [0.2, 0.25) is 0 Å². The van der Waals surface area contributed by atoms with Crippen LogP contribution < -0.4 is 4.74 Å². The molecular weight excluding hydrogens is 286 g/mol. The van der Waals surface area contributed by atoms with Crippen molar-refractivity contribution in [2.45, 2.75) is 13.3 Å². The molecule has 0 amide bonds. The number of nitro benzene ring substituents is 1. The third-order valence-electron chi connectivity index (χ3n) is 2.08. The van der Waals surface area contributed by atoms with Crippen molar-refractivity contribution in [3.63, 3.8) is 0 Å². The van der Waals surface area contributed by atoms with E-state index in [1.165, 1.54) is 12.1 Å². The number of hydrogen-bond acceptors (Lipinski definition) is 3. The molecule has 1 aromatic carbocycles. The maximum atomic E-state index is 10.7. The molecule has 0 saturated carbocycles. The van der Waals surface area contributed by atoms with E-state index in [9.17, 15) is 10.1 Å². The predicted octanol–water partition coefficient (Wildman–Crippen LogP) is 3.79. The number of ether oxygens (including phenoxy) is 1. The Morgan fingerprint density at radius 1 is 1.53 bits per heavy atom. The Labute approximate surface area is 109 Å². The van der Waals surface area contributed by atoms with Crippen LogP contribution in [0.5, 0.6) is 5.75 Å². The highest BCUT2D eigenvalue weighted by Crippen LogP contribution is 2.25. The van der Waals surface area contributed by atoms with Gasteiger partial charge in [-0.25, -0.2) is 0 Å². The second-order valence-corrected chi connectivity index (χ2v) is 4.09. The van der Waals surface area contributed by atoms with Crippen molar-refractivity contribution in [2.24, 2.45) is 0 Å². The quantitative estimate of drug-likeness (QED) is 0.456. The molecule has 0 aromatic heterocycles. The van der Waals surface area contributed by atoms with Gasteiger partial charge >= 0.3 is 0 Å². The first-order valence-corrected chi connectivity index (χ1v) is 6.45. The van der Waals surface area contributed by atoms with Crippen molar-refractivity contribution >= 4 is 27.7 Å². The molecule has 1 rings (SSSR count). The molecule has 0 saturated heterocycles. The van der Waals surface area contributed by atoms with Gasteiger partial charge in [0.25, 0.3) is 5.69 Å². The van der Waals surface area contributed by atoms with E-state index in [-0.39, 0.29) is 5.69 Å². The van der Waals surface area contributed by atoms with Gasteiger partial charge in [-0.15, -0.1) is 0 Å². The normalized spacial score (nSPS) is 10.7. The summed E-state index contributed by atoms with van der Waals surface area (Å²) in [5.74, 6) is 0.670. The summed E-state index contributed by atoms with van der Waals surface area (Å²) in [5, 5.41) is 11.5. The van der Waals surface area contributed by atoms with Crippen molar-refractivity contribution in [3.05, 3.63) is 40.0 Å². The fourth-order valence-electron chi connectivity index (χ4n) is 1.34. The standard InChI is InChI=1S/C12H14BrNO3/c1-2-17-12-7-6-11(14(15)16)9-10(12)5-3-4-8-13/h3,5-7,9H,2,4,8H2,1H3. The van der Waals surface area contributed by atoms with Gasteiger partial charge in [-0.3, -0.25) is 10.1 Å². The molecule has 1 aromatic rings. The number of halogens is 1. The minimum absolute atomic E-state index is 0.0759. The van der Waals surface area contributed by atoms with E-state index in [4.69, 9.17) is 4.74 Å². The van der Waals surface area contributed by atoms with Crippen LogP contribution in [0.25, 0.3) is 6.08 Å². The van der Waals surface area contributed by atoms with Crippen molar-refractivity contribution in [3.8, 4) is 5.75 Å². The number of nitro groups is 1. The zero-order valence-electron chi connectivity index (χ0n) is 9.56. The van der Waals surface area contributed by atoms with E-state index in [0.29, 0.717) is 12.4 Å². The van der Waals surface area contributed by atoms with Crippen molar-refractivity contribution in [1.82, 2.24) is 0 Å². The highest BCUT2D eigenvalue weighted by atomic mass is 79.9. The molecule has 0 radical (unpaired) electrons. The van der Waals surface area contributed by atoms with Crippen molar-refractivity contribution < 1.29 is 9.66 Å². The van der Waals surface area contributed by atoms with Crippen LogP contribution in [0.1, 0.15) is 18.9 Å². The molecule has 0 heterocycles. The number of benzene rings is 1. The molecule has 17 heavy (non-hydrogen) atoms. The third kappa shape index (κ3) is 4.19. The molecule has 5 heteroatoms. The van der Waals surface area contributed by atoms with E-state index < -0.39 is 4.92 Å². The monoisotopic (exact) mass is 299 g/mol. The van der Waals surface area contributed by atoms with Gasteiger partial charge in [0.05, 0.1) is 11.5 Å². The number of nitrogens with zero attached hydrogens (tertiary/aromatic N) is 1. The Morgan fingerprint density at radius 2 is 2.29 bits per heavy atom. The maximum absolute atomic E-state index is 10.7. The number of alkyl halides is 1. The van der Waals surface area contributed by atoms with Gasteiger partial charge in [-0.2, -0.15) is 0 Å². The molecule has 92 valence electrons. The van der Waals surface area contributed by atoms with Crippen LogP contribution in [0, 0.1) is 10.1 Å². The summed E-state index contributed by atoms with van der Waals surface area (Å²) < 4.78 is 5.42. The van der Waals surface area contributed by atoms with Gasteiger partial charge in [-0.1, -0.05) is 28.1 Å². The van der Waals surface area contributed by atoms with Gasteiger partial charge in [0, 0.05) is 23.0 Å². The van der Waals surface area contributed by atoms with Crippen LogP contribution in [0.15, 0.2) is 24.3 Å². The fraction of sp³-hybridized carbons (Fsp3) is 0.333. The SMILES string of the molecule is CCOc1ccc([N+](=O)[O-])cc1C=CCCBr. The number of rotatable bonds is 6. The van der Waals surface area contributed by atoms with E-state index in [2.05, 4.69) is 15.9 Å². The molecule has 0 aliphatic heterocycles. The van der Waals surface area contributed by atoms with Crippen LogP contribution >= 0.6 is 15.9 Å². The topological polar surface area (TPSA) is 52.4 Å². The Balaban J connectivity index is 3.02. The summed E-state index contributed by atoms with van der Waals surface area (Å²) >= 11 is 3.32. The summed E-state index contributed by atoms with van der Waals surface area (Å²) in [6.07, 6.45) is 4.67. The molecule has 0 atom stereocenters. The van der Waals surface area contributed by atoms with Crippen LogP contribution in [0.3, 0.4) is 0 Å². The molecule has 0 N–H and O–H groups in total. The van der Waals surface area contributed by atoms with Gasteiger partial charge in [0.1, 0.15) is 5.75 Å². The van der Waals surface area contributed by atoms with Gasteiger partial charge in [0.2, 0.25) is 0 Å². The first kappa shape index (κ1) is 13.7. The predicted molar refractivity (Wildman–Crippen MR) is 71.7 cm³/mol. The minimum atomic E-state index is -0.405. The van der Waals surface area contributed by atoms with Crippen LogP contribution in [-0.4, -0.2) is 16.9 Å². The maximum Gasteiger partial charge on any atom is 0.270 e. The Bertz CT molecular complexity index is 418. The summed E-state index contributed by atoms with van der Waals surface area (Å²) in [6.45, 7) is 2.42. The zero-order valence-corrected chi connectivity index (χ0v) is 11.1. The largest absolute Gasteiger partial charge is 0.493 e. The second-order valence-electron chi connectivity index (χ2n) is 3.29. The lowest BCUT2D eigenvalue weighted by Crippen LogP contribution is -1.95. The van der Waals surface area contributed by atoms with Gasteiger partial charge in [-0.05, 0) is 19.4 Å². The number of allylic oxidation sites excluding steroid dienone is 1. The van der Waals surface area contributed by atoms with E-state index in [0.717, 1.165) is 17.3 Å². The molecular formula is C12H14BrNO3. The van der Waals surface area contributed by atoms with E-state index in [1.807, 2.05) is 19.1 Å². The van der Waals surface area contributed by atoms with Crippen LogP contribution in [-0.2, 0) is 0 Å². The Morgan fingerprint density at radius 3 is 2.88 bits per heavy atom. The lowest BCUT2D eigenvalue weighted by atomic mass is 10.1. The van der Waals surface area contributed by atoms with Gasteiger partial charge < -0.3 is 4.74 Å². The number of hydrogen-bond donors (Lipinski definition) is 0. The summed E-state index contributed by atoms with van der Waals surface area (Å²) in [5.41, 5.74) is 0.814. The fourth-order valence-corrected chi connectivity index (χ4v) is 1.60. The average Bonchev–Trinajstić information content (AvgIpc) is 2.31. The van der Waals surface area contributed by atoms with E-state index in [1.54, 1.807) is 6.07 Å². The smallest absolute Gasteiger partial charge is 0.270 e. The molecule has 0 aliphatic rings. The molecule has 4 nitrogen and oxygen atoms in total. The molecule has 0 spiro atoms. The minimum Gasteiger partial charge on any atom is -0.493 e. The Hall–Kier alpha value is -1.36. The molecule has 0 unspecified atom stereocenters. The Kier molecular flexibility index (Phi) is 5.69. The highest BCUT2D eigenvalue weighted by Gasteiger charge is 2.09. The van der Waals surface area contributed by atoms with Crippen molar-refractivity contribution in [2.75, 3.05) is 11.9 Å². The first-order valence-electron chi connectivity index (χ1n) is 5.32. The summed E-state index contributed by atoms with van der Waals surface area (Å²) in [4.78, 5) is 10.3. The highest BCUT2D eigenvalue weighted by molar-refractivity contribution is 9.09. The lowest BCUT2D eigenvalue weighted by Gasteiger charge is -2.06. The zero-order chi connectivity index (χ0) is 12.7. The first-order chi connectivity index (χ1) is 8.19.